The molecule has 2 aromatic rings. The lowest BCUT2D eigenvalue weighted by Gasteiger charge is -2.04. The van der Waals surface area contributed by atoms with E-state index in [9.17, 15) is 17.6 Å². The standard InChI is InChI=1S/C19H11F4NS/c20-15-14(16(21)18(23)19(17(15)22)24-10-25)8-7-11-1-3-12(4-2-11)9-13-5-6-13/h1-4,13H,5-6,9H2. The molecule has 0 heterocycles. The maximum absolute atomic E-state index is 13.9. The third kappa shape index (κ3) is 3.79. The molecule has 3 rings (SSSR count). The first-order valence-electron chi connectivity index (χ1n) is 7.56. The van der Waals surface area contributed by atoms with Gasteiger partial charge in [-0.05, 0) is 55.1 Å². The van der Waals surface area contributed by atoms with E-state index >= 15 is 0 Å². The first-order chi connectivity index (χ1) is 12.0. The summed E-state index contributed by atoms with van der Waals surface area (Å²) >= 11 is 4.21. The molecule has 1 fully saturated rings. The number of rotatable bonds is 3. The molecule has 0 radical (unpaired) electrons. The Labute approximate surface area is 147 Å². The number of halogens is 4. The molecule has 0 bridgehead atoms. The Balaban J connectivity index is 1.93. The molecule has 126 valence electrons. The van der Waals surface area contributed by atoms with Gasteiger partial charge in [0.15, 0.2) is 29.0 Å². The molecular weight excluding hydrogens is 350 g/mol. The minimum absolute atomic E-state index is 0.486. The third-order valence-corrected chi connectivity index (χ3v) is 4.00. The van der Waals surface area contributed by atoms with Gasteiger partial charge in [-0.1, -0.05) is 24.0 Å². The average molecular weight is 361 g/mol. The van der Waals surface area contributed by atoms with E-state index in [0.717, 1.165) is 17.9 Å². The fourth-order valence-corrected chi connectivity index (χ4v) is 2.48. The summed E-state index contributed by atoms with van der Waals surface area (Å²) in [4.78, 5) is 3.01. The molecule has 0 saturated heterocycles. The van der Waals surface area contributed by atoms with E-state index in [1.165, 1.54) is 12.8 Å². The van der Waals surface area contributed by atoms with Gasteiger partial charge in [-0.15, -0.1) is 0 Å². The molecule has 25 heavy (non-hydrogen) atoms. The molecule has 1 nitrogen and oxygen atoms in total. The third-order valence-electron chi connectivity index (χ3n) is 3.90. The molecule has 0 aliphatic heterocycles. The molecule has 0 N–H and O–H groups in total. The van der Waals surface area contributed by atoms with Gasteiger partial charge in [-0.3, -0.25) is 0 Å². The molecule has 6 heteroatoms. The van der Waals surface area contributed by atoms with Crippen molar-refractivity contribution in [3.05, 3.63) is 64.2 Å². The number of hydrogen-bond donors (Lipinski definition) is 0. The van der Waals surface area contributed by atoms with Crippen LogP contribution in [0.3, 0.4) is 0 Å². The maximum atomic E-state index is 13.9. The SMILES string of the molecule is Fc1c(F)c(N=C=S)c(F)c(F)c1C#Cc1ccc(CC2CC2)cc1. The molecule has 0 amide bonds. The zero-order chi connectivity index (χ0) is 18.0. The lowest BCUT2D eigenvalue weighted by atomic mass is 10.1. The van der Waals surface area contributed by atoms with Crippen molar-refractivity contribution in [3.8, 4) is 11.8 Å². The highest BCUT2D eigenvalue weighted by molar-refractivity contribution is 7.78. The van der Waals surface area contributed by atoms with Crippen molar-refractivity contribution in [1.29, 1.82) is 0 Å². The lowest BCUT2D eigenvalue weighted by molar-refractivity contribution is 0.454. The van der Waals surface area contributed by atoms with Crippen LogP contribution in [-0.4, -0.2) is 5.16 Å². The first-order valence-corrected chi connectivity index (χ1v) is 7.97. The van der Waals surface area contributed by atoms with E-state index in [2.05, 4.69) is 29.1 Å². The number of benzene rings is 2. The molecule has 0 atom stereocenters. The number of isothiocyanates is 1. The fraction of sp³-hybridized carbons (Fsp3) is 0.211. The summed E-state index contributed by atoms with van der Waals surface area (Å²) in [5.41, 5.74) is -0.495. The zero-order valence-electron chi connectivity index (χ0n) is 12.9. The fourth-order valence-electron chi connectivity index (χ4n) is 2.39. The monoisotopic (exact) mass is 361 g/mol. The van der Waals surface area contributed by atoms with Crippen LogP contribution in [0.2, 0.25) is 0 Å². The van der Waals surface area contributed by atoms with Crippen LogP contribution < -0.4 is 0 Å². The molecule has 0 aromatic heterocycles. The number of aliphatic imine (C=N–C) groups is 1. The van der Waals surface area contributed by atoms with Crippen LogP contribution in [0.4, 0.5) is 23.2 Å². The minimum Gasteiger partial charge on any atom is -0.202 e. The summed E-state index contributed by atoms with van der Waals surface area (Å²) < 4.78 is 55.4. The van der Waals surface area contributed by atoms with Gasteiger partial charge in [0.1, 0.15) is 5.56 Å². The van der Waals surface area contributed by atoms with Crippen LogP contribution in [-0.2, 0) is 6.42 Å². The second kappa shape index (κ2) is 7.18. The van der Waals surface area contributed by atoms with Gasteiger partial charge in [-0.25, -0.2) is 17.6 Å². The van der Waals surface area contributed by atoms with E-state index in [4.69, 9.17) is 0 Å². The van der Waals surface area contributed by atoms with Crippen molar-refractivity contribution in [2.45, 2.75) is 19.3 Å². The molecule has 2 aromatic carbocycles. The van der Waals surface area contributed by atoms with Gasteiger partial charge in [0.2, 0.25) is 0 Å². The second-order valence-electron chi connectivity index (χ2n) is 5.78. The molecule has 1 aliphatic rings. The molecule has 0 spiro atoms. The Morgan fingerprint density at radius 3 is 2.04 bits per heavy atom. The topological polar surface area (TPSA) is 12.4 Å². The smallest absolute Gasteiger partial charge is 0.189 e. The van der Waals surface area contributed by atoms with Gasteiger partial charge >= 0.3 is 0 Å². The summed E-state index contributed by atoms with van der Waals surface area (Å²) in [6.07, 6.45) is 3.47. The number of thiocarbonyl (C=S) groups is 1. The Morgan fingerprint density at radius 2 is 1.52 bits per heavy atom. The largest absolute Gasteiger partial charge is 0.202 e. The highest BCUT2D eigenvalue weighted by atomic mass is 32.1. The highest BCUT2D eigenvalue weighted by Gasteiger charge is 2.24. The Hall–Kier alpha value is -2.48. The Kier molecular flexibility index (Phi) is 4.98. The van der Waals surface area contributed by atoms with E-state index in [1.54, 1.807) is 17.3 Å². The van der Waals surface area contributed by atoms with Crippen molar-refractivity contribution < 1.29 is 17.6 Å². The normalized spacial score (nSPS) is 13.0. The van der Waals surface area contributed by atoms with Crippen LogP contribution in [0, 0.1) is 41.0 Å². The minimum atomic E-state index is -1.65. The average Bonchev–Trinajstić information content (AvgIpc) is 3.42. The summed E-state index contributed by atoms with van der Waals surface area (Å²) in [6, 6.07) is 7.18. The lowest BCUT2D eigenvalue weighted by Crippen LogP contribution is -2.00. The van der Waals surface area contributed by atoms with Crippen molar-refractivity contribution in [3.63, 3.8) is 0 Å². The van der Waals surface area contributed by atoms with Gasteiger partial charge < -0.3 is 0 Å². The van der Waals surface area contributed by atoms with Crippen LogP contribution in [0.15, 0.2) is 29.3 Å². The van der Waals surface area contributed by atoms with Crippen molar-refractivity contribution in [2.75, 3.05) is 0 Å². The molecular formula is C19H11F4NS. The predicted molar refractivity (Wildman–Crippen MR) is 89.8 cm³/mol. The van der Waals surface area contributed by atoms with E-state index < -0.39 is 34.5 Å². The second-order valence-corrected chi connectivity index (χ2v) is 5.96. The summed E-state index contributed by atoms with van der Waals surface area (Å²) in [7, 11) is 0. The van der Waals surface area contributed by atoms with Gasteiger partial charge in [0, 0.05) is 5.56 Å². The summed E-state index contributed by atoms with van der Waals surface area (Å²) in [6.45, 7) is 0. The van der Waals surface area contributed by atoms with Crippen molar-refractivity contribution >= 4 is 23.1 Å². The first kappa shape index (κ1) is 17.3. The highest BCUT2D eigenvalue weighted by Crippen LogP contribution is 2.32. The number of hydrogen-bond acceptors (Lipinski definition) is 2. The van der Waals surface area contributed by atoms with Gasteiger partial charge in [0.25, 0.3) is 0 Å². The van der Waals surface area contributed by atoms with Crippen LogP contribution in [0.1, 0.15) is 29.5 Å². The summed E-state index contributed by atoms with van der Waals surface area (Å²) in [5, 5.41) is 1.68. The summed E-state index contributed by atoms with van der Waals surface area (Å²) in [5.74, 6) is -1.12. The van der Waals surface area contributed by atoms with Crippen LogP contribution >= 0.6 is 12.2 Å². The maximum Gasteiger partial charge on any atom is 0.189 e. The van der Waals surface area contributed by atoms with Gasteiger partial charge in [-0.2, -0.15) is 4.99 Å². The quantitative estimate of drug-likeness (QED) is 0.237. The Morgan fingerprint density at radius 1 is 0.920 bits per heavy atom. The Bertz CT molecular complexity index is 902. The molecule has 0 unspecified atom stereocenters. The number of nitrogens with zero attached hydrogens (tertiary/aromatic N) is 1. The van der Waals surface area contributed by atoms with Gasteiger partial charge in [0.05, 0.1) is 5.16 Å². The zero-order valence-corrected chi connectivity index (χ0v) is 13.7. The predicted octanol–water partition coefficient (Wildman–Crippen LogP) is 5.33. The van der Waals surface area contributed by atoms with Crippen LogP contribution in [0.25, 0.3) is 0 Å². The molecule has 1 aliphatic carbocycles. The van der Waals surface area contributed by atoms with E-state index in [-0.39, 0.29) is 0 Å². The van der Waals surface area contributed by atoms with Crippen LogP contribution in [0.5, 0.6) is 0 Å². The van der Waals surface area contributed by atoms with E-state index in [0.29, 0.717) is 5.56 Å². The van der Waals surface area contributed by atoms with E-state index in [1.807, 2.05) is 12.1 Å². The van der Waals surface area contributed by atoms with Crippen molar-refractivity contribution in [2.24, 2.45) is 10.9 Å². The molecule has 1 saturated carbocycles. The van der Waals surface area contributed by atoms with Crippen molar-refractivity contribution in [1.82, 2.24) is 0 Å².